The molecule has 0 saturated carbocycles. The van der Waals surface area contributed by atoms with Crippen LogP contribution in [-0.4, -0.2) is 15.7 Å². The third-order valence-electron chi connectivity index (χ3n) is 3.36. The number of hydrogen-bond donors (Lipinski definition) is 2. The molecule has 2 aromatic rings. The highest BCUT2D eigenvalue weighted by atomic mass is 127. The van der Waals surface area contributed by atoms with Crippen molar-refractivity contribution < 1.29 is 0 Å². The second-order valence-electron chi connectivity index (χ2n) is 4.76. The minimum atomic E-state index is 0. The first-order chi connectivity index (χ1) is 9.60. The van der Waals surface area contributed by atoms with Crippen LogP contribution in [0.5, 0.6) is 0 Å². The first-order valence-corrected chi connectivity index (χ1v) is 6.73. The van der Waals surface area contributed by atoms with Crippen molar-refractivity contribution >= 4 is 35.6 Å². The molecule has 3 N–H and O–H groups in total. The van der Waals surface area contributed by atoms with Crippen molar-refractivity contribution in [1.82, 2.24) is 9.78 Å². The maximum atomic E-state index is 5.91. The summed E-state index contributed by atoms with van der Waals surface area (Å²) in [5, 5.41) is 7.30. The van der Waals surface area contributed by atoms with E-state index in [1.54, 1.807) is 0 Å². The molecule has 21 heavy (non-hydrogen) atoms. The lowest BCUT2D eigenvalue weighted by Gasteiger charge is -2.07. The molecule has 0 aliphatic carbocycles. The molecule has 0 amide bonds. The molecule has 0 aliphatic rings. The summed E-state index contributed by atoms with van der Waals surface area (Å²) < 4.78 is 1.83. The van der Waals surface area contributed by atoms with Crippen LogP contribution in [0.4, 0.5) is 5.69 Å². The summed E-state index contributed by atoms with van der Waals surface area (Å²) in [7, 11) is 1.92. The first-order valence-electron chi connectivity index (χ1n) is 6.73. The van der Waals surface area contributed by atoms with Crippen LogP contribution in [0.2, 0.25) is 0 Å². The van der Waals surface area contributed by atoms with E-state index in [-0.39, 0.29) is 24.0 Å². The lowest BCUT2D eigenvalue weighted by atomic mass is 10.1. The number of rotatable bonds is 4. The lowest BCUT2D eigenvalue weighted by molar-refractivity contribution is 0.737. The Morgan fingerprint density at radius 1 is 1.43 bits per heavy atom. The van der Waals surface area contributed by atoms with Gasteiger partial charge in [0.15, 0.2) is 5.96 Å². The van der Waals surface area contributed by atoms with Gasteiger partial charge in [0.05, 0.1) is 12.7 Å². The normalized spacial score (nSPS) is 11.1. The number of nitrogens with one attached hydrogen (secondary N) is 1. The molecule has 0 radical (unpaired) electrons. The summed E-state index contributed by atoms with van der Waals surface area (Å²) in [6, 6.07) is 8.17. The Balaban J connectivity index is 0.00000220. The monoisotopic (exact) mass is 399 g/mol. The van der Waals surface area contributed by atoms with Crippen molar-refractivity contribution in [3.05, 3.63) is 47.3 Å². The summed E-state index contributed by atoms with van der Waals surface area (Å²) in [5.74, 6) is 0.418. The van der Waals surface area contributed by atoms with Crippen LogP contribution in [-0.2, 0) is 20.0 Å². The van der Waals surface area contributed by atoms with Gasteiger partial charge >= 0.3 is 0 Å². The molecule has 0 bridgehead atoms. The van der Waals surface area contributed by atoms with Gasteiger partial charge in [0.1, 0.15) is 0 Å². The van der Waals surface area contributed by atoms with Gasteiger partial charge in [-0.05, 0) is 31.0 Å². The summed E-state index contributed by atoms with van der Waals surface area (Å²) in [6.07, 6.45) is 2.82. The topological polar surface area (TPSA) is 68.2 Å². The van der Waals surface area contributed by atoms with Crippen molar-refractivity contribution in [2.75, 3.05) is 5.32 Å². The van der Waals surface area contributed by atoms with Gasteiger partial charge in [-0.25, -0.2) is 4.99 Å². The molecule has 1 aromatic carbocycles. The standard InChI is InChI=1S/C15H21N5.HI/c1-4-12-6-5-7-14(8-12)19-15(16)17-9-13-10-18-20(3)11(13)2;/h5-8,10H,4,9H2,1-3H3,(H3,16,17,19);1H. The van der Waals surface area contributed by atoms with Crippen LogP contribution >= 0.6 is 24.0 Å². The molecule has 0 fully saturated rings. The number of aromatic nitrogens is 2. The zero-order valence-corrected chi connectivity index (χ0v) is 15.0. The summed E-state index contributed by atoms with van der Waals surface area (Å²) in [5.41, 5.74) is 10.3. The smallest absolute Gasteiger partial charge is 0.193 e. The van der Waals surface area contributed by atoms with Crippen LogP contribution < -0.4 is 11.1 Å². The second-order valence-corrected chi connectivity index (χ2v) is 4.76. The zero-order chi connectivity index (χ0) is 14.5. The van der Waals surface area contributed by atoms with Gasteiger partial charge in [-0.2, -0.15) is 5.10 Å². The quantitative estimate of drug-likeness (QED) is 0.472. The Labute approximate surface area is 142 Å². The van der Waals surface area contributed by atoms with Gasteiger partial charge in [0.2, 0.25) is 0 Å². The predicted molar refractivity (Wildman–Crippen MR) is 98.1 cm³/mol. The minimum absolute atomic E-state index is 0. The largest absolute Gasteiger partial charge is 0.370 e. The fourth-order valence-corrected chi connectivity index (χ4v) is 1.93. The van der Waals surface area contributed by atoms with Gasteiger partial charge in [-0.1, -0.05) is 19.1 Å². The SMILES string of the molecule is CCc1cccc(NC(N)=NCc2cnn(C)c2C)c1.I. The number of guanidine groups is 1. The number of hydrogen-bond acceptors (Lipinski definition) is 2. The third-order valence-corrected chi connectivity index (χ3v) is 3.36. The maximum absolute atomic E-state index is 5.91. The number of anilines is 1. The fraction of sp³-hybridized carbons (Fsp3) is 0.333. The van der Waals surface area contributed by atoms with Crippen LogP contribution in [0.15, 0.2) is 35.5 Å². The van der Waals surface area contributed by atoms with Gasteiger partial charge in [-0.3, -0.25) is 4.68 Å². The fourth-order valence-electron chi connectivity index (χ4n) is 1.93. The highest BCUT2D eigenvalue weighted by Gasteiger charge is 2.03. The summed E-state index contributed by atoms with van der Waals surface area (Å²) in [4.78, 5) is 4.35. The Kier molecular flexibility index (Phi) is 6.67. The van der Waals surface area contributed by atoms with E-state index < -0.39 is 0 Å². The number of halogens is 1. The summed E-state index contributed by atoms with van der Waals surface area (Å²) >= 11 is 0. The maximum Gasteiger partial charge on any atom is 0.193 e. The molecule has 0 saturated heterocycles. The van der Waals surface area contributed by atoms with E-state index >= 15 is 0 Å². The molecule has 2 rings (SSSR count). The average Bonchev–Trinajstić information content (AvgIpc) is 2.77. The van der Waals surface area contributed by atoms with Crippen molar-refractivity contribution in [2.45, 2.75) is 26.8 Å². The minimum Gasteiger partial charge on any atom is -0.370 e. The average molecular weight is 399 g/mol. The number of nitrogens with zero attached hydrogens (tertiary/aromatic N) is 3. The van der Waals surface area contributed by atoms with Crippen molar-refractivity contribution in [3.8, 4) is 0 Å². The number of nitrogens with two attached hydrogens (primary N) is 1. The van der Waals surface area contributed by atoms with E-state index in [1.807, 2.05) is 37.0 Å². The molecular weight excluding hydrogens is 377 g/mol. The van der Waals surface area contributed by atoms with Crippen LogP contribution in [0.25, 0.3) is 0 Å². The Morgan fingerprint density at radius 3 is 2.81 bits per heavy atom. The Hall–Kier alpha value is -1.57. The molecule has 6 heteroatoms. The molecule has 1 aromatic heterocycles. The van der Waals surface area contributed by atoms with E-state index in [9.17, 15) is 0 Å². The van der Waals surface area contributed by atoms with E-state index in [0.717, 1.165) is 23.4 Å². The van der Waals surface area contributed by atoms with Gasteiger partial charge in [0.25, 0.3) is 0 Å². The van der Waals surface area contributed by atoms with Crippen LogP contribution in [0, 0.1) is 6.92 Å². The van der Waals surface area contributed by atoms with E-state index in [1.165, 1.54) is 5.56 Å². The molecule has 5 nitrogen and oxygen atoms in total. The van der Waals surface area contributed by atoms with Gasteiger partial charge in [0, 0.05) is 24.0 Å². The Bertz CT molecular complexity index is 618. The molecular formula is C15H22IN5. The number of aliphatic imine (C=N–C) groups is 1. The van der Waals surface area contributed by atoms with Gasteiger partial charge < -0.3 is 11.1 Å². The van der Waals surface area contributed by atoms with E-state index in [4.69, 9.17) is 5.73 Å². The lowest BCUT2D eigenvalue weighted by Crippen LogP contribution is -2.22. The Morgan fingerprint density at radius 2 is 2.19 bits per heavy atom. The second kappa shape index (κ2) is 8.02. The highest BCUT2D eigenvalue weighted by molar-refractivity contribution is 14.0. The predicted octanol–water partition coefficient (Wildman–Crippen LogP) is 2.84. The molecule has 0 spiro atoms. The van der Waals surface area contributed by atoms with Crippen LogP contribution in [0.1, 0.15) is 23.7 Å². The molecule has 114 valence electrons. The van der Waals surface area contributed by atoms with Gasteiger partial charge in [-0.15, -0.1) is 24.0 Å². The van der Waals surface area contributed by atoms with Crippen molar-refractivity contribution in [2.24, 2.45) is 17.8 Å². The molecule has 1 heterocycles. The van der Waals surface area contributed by atoms with Crippen LogP contribution in [0.3, 0.4) is 0 Å². The number of benzene rings is 1. The zero-order valence-electron chi connectivity index (χ0n) is 12.6. The number of aryl methyl sites for hydroxylation is 2. The molecule has 0 unspecified atom stereocenters. The third kappa shape index (κ3) is 4.73. The summed E-state index contributed by atoms with van der Waals surface area (Å²) in [6.45, 7) is 4.68. The molecule has 0 atom stereocenters. The first kappa shape index (κ1) is 17.5. The molecule has 0 aliphatic heterocycles. The van der Waals surface area contributed by atoms with Crippen molar-refractivity contribution in [3.63, 3.8) is 0 Å². The van der Waals surface area contributed by atoms with E-state index in [2.05, 4.69) is 34.5 Å². The highest BCUT2D eigenvalue weighted by Crippen LogP contribution is 2.11. The van der Waals surface area contributed by atoms with E-state index in [0.29, 0.717) is 12.5 Å². The van der Waals surface area contributed by atoms with Crippen molar-refractivity contribution in [1.29, 1.82) is 0 Å².